The molecule has 2 aromatic rings. The van der Waals surface area contributed by atoms with Crippen molar-refractivity contribution in [3.8, 4) is 11.5 Å². The molecule has 4 nitrogen and oxygen atoms in total. The van der Waals surface area contributed by atoms with E-state index in [9.17, 15) is 13.2 Å². The summed E-state index contributed by atoms with van der Waals surface area (Å²) in [5, 5.41) is 3.87. The lowest BCUT2D eigenvalue weighted by atomic mass is 10.2. The Labute approximate surface area is 101 Å². The van der Waals surface area contributed by atoms with Crippen molar-refractivity contribution in [3.63, 3.8) is 0 Å². The largest absolute Gasteiger partial charge is 0.452 e. The topological polar surface area (TPSA) is 53.1 Å². The lowest BCUT2D eigenvalue weighted by Gasteiger charge is -2.10. The number of aromatic nitrogens is 2. The zero-order chi connectivity index (χ0) is 13.3. The second kappa shape index (κ2) is 4.25. The zero-order valence-corrected chi connectivity index (χ0v) is 9.40. The Morgan fingerprint density at radius 3 is 2.56 bits per heavy atom. The minimum atomic E-state index is -4.42. The monoisotopic (exact) mass is 257 g/mol. The van der Waals surface area contributed by atoms with Crippen LogP contribution in [0.3, 0.4) is 0 Å². The SMILES string of the molecule is Cn1cc(Oc2ccc(C(F)(F)F)cc2N)cn1. The first-order valence-electron chi connectivity index (χ1n) is 4.99. The molecule has 0 amide bonds. The van der Waals surface area contributed by atoms with Crippen LogP contribution in [0.15, 0.2) is 30.6 Å². The number of alkyl halides is 3. The fourth-order valence-corrected chi connectivity index (χ4v) is 1.40. The first-order chi connectivity index (χ1) is 8.36. The number of aryl methyl sites for hydroxylation is 1. The molecule has 0 fully saturated rings. The zero-order valence-electron chi connectivity index (χ0n) is 9.40. The molecule has 0 aliphatic carbocycles. The van der Waals surface area contributed by atoms with E-state index in [1.807, 2.05) is 0 Å². The minimum absolute atomic E-state index is 0.0753. The molecule has 0 saturated carbocycles. The Balaban J connectivity index is 2.25. The van der Waals surface area contributed by atoms with E-state index < -0.39 is 11.7 Å². The van der Waals surface area contributed by atoms with Crippen LogP contribution in [0, 0.1) is 0 Å². The molecule has 1 heterocycles. The summed E-state index contributed by atoms with van der Waals surface area (Å²) in [6, 6.07) is 2.94. The van der Waals surface area contributed by atoms with Gasteiger partial charge in [0.1, 0.15) is 5.75 Å². The highest BCUT2D eigenvalue weighted by Crippen LogP contribution is 2.35. The summed E-state index contributed by atoms with van der Waals surface area (Å²) in [6.07, 6.45) is -1.39. The molecule has 0 spiro atoms. The number of nitrogens with zero attached hydrogens (tertiary/aromatic N) is 2. The Bertz CT molecular complexity index is 563. The standard InChI is InChI=1S/C11H10F3N3O/c1-17-6-8(5-16-17)18-10-3-2-7(4-9(10)15)11(12,13)14/h2-6H,15H2,1H3. The first kappa shape index (κ1) is 12.3. The number of ether oxygens (including phenoxy) is 1. The van der Waals surface area contributed by atoms with Crippen LogP contribution in [0.2, 0.25) is 0 Å². The van der Waals surface area contributed by atoms with Crippen LogP contribution in [-0.4, -0.2) is 9.78 Å². The number of rotatable bonds is 2. The molecule has 96 valence electrons. The van der Waals surface area contributed by atoms with Gasteiger partial charge in [0.15, 0.2) is 5.75 Å². The third kappa shape index (κ3) is 2.55. The van der Waals surface area contributed by atoms with E-state index in [1.54, 1.807) is 13.2 Å². The lowest BCUT2D eigenvalue weighted by molar-refractivity contribution is -0.137. The molecule has 2 rings (SSSR count). The molecule has 0 saturated heterocycles. The van der Waals surface area contributed by atoms with Crippen LogP contribution in [0.1, 0.15) is 5.56 Å². The summed E-state index contributed by atoms with van der Waals surface area (Å²) in [6.45, 7) is 0. The van der Waals surface area contributed by atoms with Crippen molar-refractivity contribution in [2.75, 3.05) is 5.73 Å². The Hall–Kier alpha value is -2.18. The quantitative estimate of drug-likeness (QED) is 0.841. The fourth-order valence-electron chi connectivity index (χ4n) is 1.40. The maximum atomic E-state index is 12.4. The molecule has 0 aliphatic heterocycles. The average Bonchev–Trinajstić information content (AvgIpc) is 2.65. The number of benzene rings is 1. The maximum absolute atomic E-state index is 12.4. The van der Waals surface area contributed by atoms with E-state index in [2.05, 4.69) is 5.10 Å². The van der Waals surface area contributed by atoms with Crippen molar-refractivity contribution in [3.05, 3.63) is 36.2 Å². The summed E-state index contributed by atoms with van der Waals surface area (Å²) in [5.74, 6) is 0.569. The van der Waals surface area contributed by atoms with Crippen molar-refractivity contribution in [2.45, 2.75) is 6.18 Å². The molecular formula is C11H10F3N3O. The molecule has 1 aromatic carbocycles. The molecule has 0 bridgehead atoms. The minimum Gasteiger partial charge on any atom is -0.452 e. The number of nitrogens with two attached hydrogens (primary N) is 1. The number of nitrogen functional groups attached to an aromatic ring is 1. The molecule has 2 N–H and O–H groups in total. The summed E-state index contributed by atoms with van der Waals surface area (Å²) in [7, 11) is 1.70. The highest BCUT2D eigenvalue weighted by atomic mass is 19.4. The Kier molecular flexibility index (Phi) is 2.90. The van der Waals surface area contributed by atoms with Crippen LogP contribution < -0.4 is 10.5 Å². The number of anilines is 1. The molecule has 0 aliphatic rings. The molecule has 0 unspecified atom stereocenters. The van der Waals surface area contributed by atoms with Gasteiger partial charge in [-0.1, -0.05) is 0 Å². The van der Waals surface area contributed by atoms with E-state index in [-0.39, 0.29) is 11.4 Å². The van der Waals surface area contributed by atoms with Crippen molar-refractivity contribution >= 4 is 5.69 Å². The van der Waals surface area contributed by atoms with E-state index in [1.165, 1.54) is 16.9 Å². The van der Waals surface area contributed by atoms with Gasteiger partial charge in [0, 0.05) is 7.05 Å². The van der Waals surface area contributed by atoms with Crippen LogP contribution >= 0.6 is 0 Å². The maximum Gasteiger partial charge on any atom is 0.416 e. The van der Waals surface area contributed by atoms with Crippen LogP contribution in [0.25, 0.3) is 0 Å². The lowest BCUT2D eigenvalue weighted by Crippen LogP contribution is -2.05. The summed E-state index contributed by atoms with van der Waals surface area (Å²) >= 11 is 0. The molecule has 0 atom stereocenters. The van der Waals surface area contributed by atoms with Gasteiger partial charge in [0.2, 0.25) is 0 Å². The van der Waals surface area contributed by atoms with Crippen molar-refractivity contribution in [2.24, 2.45) is 7.05 Å². The van der Waals surface area contributed by atoms with Gasteiger partial charge in [0.25, 0.3) is 0 Å². The number of hydrogen-bond acceptors (Lipinski definition) is 3. The van der Waals surface area contributed by atoms with Crippen molar-refractivity contribution in [1.82, 2.24) is 9.78 Å². The van der Waals surface area contributed by atoms with Gasteiger partial charge in [-0.05, 0) is 18.2 Å². The van der Waals surface area contributed by atoms with Crippen LogP contribution in [0.4, 0.5) is 18.9 Å². The predicted molar refractivity (Wildman–Crippen MR) is 59.1 cm³/mol. The van der Waals surface area contributed by atoms with Gasteiger partial charge in [-0.2, -0.15) is 18.3 Å². The first-order valence-corrected chi connectivity index (χ1v) is 4.99. The second-order valence-electron chi connectivity index (χ2n) is 3.70. The predicted octanol–water partition coefficient (Wildman–Crippen LogP) is 2.81. The molecule has 7 heteroatoms. The van der Waals surface area contributed by atoms with Gasteiger partial charge >= 0.3 is 6.18 Å². The summed E-state index contributed by atoms with van der Waals surface area (Å²) < 4.78 is 44.1. The summed E-state index contributed by atoms with van der Waals surface area (Å²) in [5.41, 5.74) is 4.64. The molecular weight excluding hydrogens is 247 g/mol. The fraction of sp³-hybridized carbons (Fsp3) is 0.182. The number of halogens is 3. The normalized spacial score (nSPS) is 11.6. The summed E-state index contributed by atoms with van der Waals surface area (Å²) in [4.78, 5) is 0. The van der Waals surface area contributed by atoms with Gasteiger partial charge in [-0.25, -0.2) is 0 Å². The molecule has 1 aromatic heterocycles. The third-order valence-electron chi connectivity index (χ3n) is 2.25. The van der Waals surface area contributed by atoms with E-state index in [0.717, 1.165) is 12.1 Å². The van der Waals surface area contributed by atoms with Crippen molar-refractivity contribution in [1.29, 1.82) is 0 Å². The molecule has 18 heavy (non-hydrogen) atoms. The van der Waals surface area contributed by atoms with E-state index in [4.69, 9.17) is 10.5 Å². The highest BCUT2D eigenvalue weighted by Gasteiger charge is 2.30. The third-order valence-corrected chi connectivity index (χ3v) is 2.25. The average molecular weight is 257 g/mol. The Morgan fingerprint density at radius 2 is 2.06 bits per heavy atom. The van der Waals surface area contributed by atoms with Gasteiger partial charge in [-0.3, -0.25) is 4.68 Å². The highest BCUT2D eigenvalue weighted by molar-refractivity contribution is 5.56. The number of hydrogen-bond donors (Lipinski definition) is 1. The van der Waals surface area contributed by atoms with E-state index >= 15 is 0 Å². The Morgan fingerprint density at radius 1 is 1.33 bits per heavy atom. The molecule has 0 radical (unpaired) electrons. The van der Waals surface area contributed by atoms with E-state index in [0.29, 0.717) is 5.75 Å². The van der Waals surface area contributed by atoms with Crippen LogP contribution in [-0.2, 0) is 13.2 Å². The van der Waals surface area contributed by atoms with Gasteiger partial charge in [0.05, 0.1) is 23.6 Å². The second-order valence-corrected chi connectivity index (χ2v) is 3.70. The van der Waals surface area contributed by atoms with Crippen LogP contribution in [0.5, 0.6) is 11.5 Å². The smallest absolute Gasteiger partial charge is 0.416 e. The van der Waals surface area contributed by atoms with Crippen molar-refractivity contribution < 1.29 is 17.9 Å². The van der Waals surface area contributed by atoms with Gasteiger partial charge in [-0.15, -0.1) is 0 Å². The van der Waals surface area contributed by atoms with Gasteiger partial charge < -0.3 is 10.5 Å².